The standard InChI is InChI=1S/C11H20N4O3S/c1-14(2)7-5-6-12-10-9(19(4,17)18)8-13-15(3)11(10)16/h8,12H,5-7H2,1-4H3. The molecule has 1 N–H and O–H groups in total. The van der Waals surface area contributed by atoms with Gasteiger partial charge in [-0.1, -0.05) is 0 Å². The van der Waals surface area contributed by atoms with E-state index in [4.69, 9.17) is 0 Å². The van der Waals surface area contributed by atoms with Gasteiger partial charge in [0.05, 0.1) is 6.20 Å². The molecule has 19 heavy (non-hydrogen) atoms. The van der Waals surface area contributed by atoms with Crippen molar-refractivity contribution in [3.63, 3.8) is 0 Å². The van der Waals surface area contributed by atoms with Gasteiger partial charge in [0.15, 0.2) is 9.84 Å². The molecule has 0 aliphatic rings. The second-order valence-corrected chi connectivity index (χ2v) is 6.65. The van der Waals surface area contributed by atoms with Crippen molar-refractivity contribution in [3.05, 3.63) is 16.6 Å². The van der Waals surface area contributed by atoms with E-state index in [0.29, 0.717) is 6.54 Å². The van der Waals surface area contributed by atoms with E-state index in [2.05, 4.69) is 10.4 Å². The van der Waals surface area contributed by atoms with Crippen LogP contribution in [0.15, 0.2) is 15.9 Å². The Hall–Kier alpha value is -1.41. The SMILES string of the molecule is CN(C)CCCNc1c(S(C)(=O)=O)cnn(C)c1=O. The molecule has 1 heterocycles. The smallest absolute Gasteiger partial charge is 0.291 e. The topological polar surface area (TPSA) is 84.3 Å². The predicted octanol–water partition coefficient (Wildman–Crippen LogP) is -0.453. The van der Waals surface area contributed by atoms with Gasteiger partial charge in [-0.2, -0.15) is 5.10 Å². The largest absolute Gasteiger partial charge is 0.379 e. The first kappa shape index (κ1) is 15.6. The van der Waals surface area contributed by atoms with Gasteiger partial charge in [-0.15, -0.1) is 0 Å². The van der Waals surface area contributed by atoms with E-state index in [1.807, 2.05) is 19.0 Å². The zero-order valence-corrected chi connectivity index (χ0v) is 12.5. The van der Waals surface area contributed by atoms with Gasteiger partial charge in [0.25, 0.3) is 5.56 Å². The van der Waals surface area contributed by atoms with Gasteiger partial charge in [0.1, 0.15) is 10.6 Å². The molecule has 0 unspecified atom stereocenters. The molecule has 7 nitrogen and oxygen atoms in total. The van der Waals surface area contributed by atoms with Crippen LogP contribution < -0.4 is 10.9 Å². The molecule has 8 heteroatoms. The number of hydrogen-bond acceptors (Lipinski definition) is 6. The van der Waals surface area contributed by atoms with Gasteiger partial charge in [0.2, 0.25) is 0 Å². The number of aromatic nitrogens is 2. The van der Waals surface area contributed by atoms with Crippen molar-refractivity contribution in [3.8, 4) is 0 Å². The Kier molecular flexibility index (Phi) is 5.07. The van der Waals surface area contributed by atoms with Crippen LogP contribution in [0.5, 0.6) is 0 Å². The maximum atomic E-state index is 11.9. The predicted molar refractivity (Wildman–Crippen MR) is 74.2 cm³/mol. The van der Waals surface area contributed by atoms with Crippen LogP contribution in [0, 0.1) is 0 Å². The molecule has 108 valence electrons. The summed E-state index contributed by atoms with van der Waals surface area (Å²) < 4.78 is 24.4. The Labute approximate surface area is 113 Å². The molecular formula is C11H20N4O3S. The maximum absolute atomic E-state index is 11.9. The number of nitrogens with one attached hydrogen (secondary N) is 1. The van der Waals surface area contributed by atoms with Crippen LogP contribution >= 0.6 is 0 Å². The summed E-state index contributed by atoms with van der Waals surface area (Å²) in [6.45, 7) is 1.38. The molecule has 0 radical (unpaired) electrons. The molecular weight excluding hydrogens is 268 g/mol. The molecule has 0 fully saturated rings. The Morgan fingerprint density at radius 1 is 1.42 bits per heavy atom. The van der Waals surface area contributed by atoms with E-state index < -0.39 is 15.4 Å². The minimum atomic E-state index is -3.47. The number of sulfone groups is 1. The summed E-state index contributed by atoms with van der Waals surface area (Å²) in [6.07, 6.45) is 3.07. The molecule has 0 aliphatic heterocycles. The molecule has 0 aromatic carbocycles. The lowest BCUT2D eigenvalue weighted by atomic mass is 10.3. The first-order valence-corrected chi connectivity index (χ1v) is 7.77. The van der Waals surface area contributed by atoms with Crippen molar-refractivity contribution in [2.45, 2.75) is 11.3 Å². The molecule has 0 saturated heterocycles. The number of rotatable bonds is 6. The van der Waals surface area contributed by atoms with Gasteiger partial charge in [-0.3, -0.25) is 4.79 Å². The molecule has 0 saturated carbocycles. The zero-order valence-electron chi connectivity index (χ0n) is 11.7. The van der Waals surface area contributed by atoms with E-state index in [0.717, 1.165) is 23.9 Å². The van der Waals surface area contributed by atoms with Crippen LogP contribution in [-0.2, 0) is 16.9 Å². The van der Waals surface area contributed by atoms with Crippen LogP contribution in [0.4, 0.5) is 5.69 Å². The van der Waals surface area contributed by atoms with Crippen LogP contribution in [0.1, 0.15) is 6.42 Å². The van der Waals surface area contributed by atoms with Gasteiger partial charge in [-0.25, -0.2) is 13.1 Å². The van der Waals surface area contributed by atoms with E-state index in [9.17, 15) is 13.2 Å². The highest BCUT2D eigenvalue weighted by atomic mass is 32.2. The van der Waals surface area contributed by atoms with Gasteiger partial charge in [0, 0.05) is 19.8 Å². The molecule has 0 bridgehead atoms. The minimum Gasteiger partial charge on any atom is -0.379 e. The third-order valence-electron chi connectivity index (χ3n) is 2.59. The van der Waals surface area contributed by atoms with Gasteiger partial charge < -0.3 is 10.2 Å². The Bertz CT molecular complexity index is 592. The van der Waals surface area contributed by atoms with Crippen LogP contribution in [-0.4, -0.2) is 56.5 Å². The number of aryl methyl sites for hydroxylation is 1. The van der Waals surface area contributed by atoms with Gasteiger partial charge >= 0.3 is 0 Å². The molecule has 1 aromatic heterocycles. The fourth-order valence-electron chi connectivity index (χ4n) is 1.58. The number of hydrogen-bond donors (Lipinski definition) is 1. The first-order chi connectivity index (χ1) is 8.73. The lowest BCUT2D eigenvalue weighted by Gasteiger charge is -2.12. The Morgan fingerprint density at radius 3 is 2.58 bits per heavy atom. The summed E-state index contributed by atoms with van der Waals surface area (Å²) >= 11 is 0. The highest BCUT2D eigenvalue weighted by Crippen LogP contribution is 2.15. The quantitative estimate of drug-likeness (QED) is 0.714. The normalized spacial score (nSPS) is 11.8. The minimum absolute atomic E-state index is 0.0551. The second kappa shape index (κ2) is 6.16. The summed E-state index contributed by atoms with van der Waals surface area (Å²) in [7, 11) is 1.91. The molecule has 0 spiro atoms. The molecule has 0 atom stereocenters. The van der Waals surface area contributed by atoms with E-state index >= 15 is 0 Å². The third-order valence-corrected chi connectivity index (χ3v) is 3.69. The average molecular weight is 288 g/mol. The number of anilines is 1. The van der Waals surface area contributed by atoms with Crippen molar-refractivity contribution in [1.82, 2.24) is 14.7 Å². The zero-order chi connectivity index (χ0) is 14.6. The average Bonchev–Trinajstić information content (AvgIpc) is 2.27. The van der Waals surface area contributed by atoms with Crippen molar-refractivity contribution < 1.29 is 8.42 Å². The highest BCUT2D eigenvalue weighted by Gasteiger charge is 2.17. The summed E-state index contributed by atoms with van der Waals surface area (Å²) in [4.78, 5) is 13.9. The monoisotopic (exact) mass is 288 g/mol. The second-order valence-electron chi connectivity index (χ2n) is 4.67. The van der Waals surface area contributed by atoms with Crippen LogP contribution in [0.3, 0.4) is 0 Å². The first-order valence-electron chi connectivity index (χ1n) is 5.88. The summed E-state index contributed by atoms with van der Waals surface area (Å²) in [5, 5.41) is 6.64. The maximum Gasteiger partial charge on any atom is 0.291 e. The Morgan fingerprint density at radius 2 is 2.05 bits per heavy atom. The third kappa shape index (κ3) is 4.32. The molecule has 1 rings (SSSR count). The van der Waals surface area contributed by atoms with E-state index in [-0.39, 0.29) is 10.6 Å². The van der Waals surface area contributed by atoms with Crippen LogP contribution in [0.2, 0.25) is 0 Å². The van der Waals surface area contributed by atoms with Crippen molar-refractivity contribution in [2.24, 2.45) is 7.05 Å². The van der Waals surface area contributed by atoms with Crippen molar-refractivity contribution in [2.75, 3.05) is 38.8 Å². The molecule has 0 aliphatic carbocycles. The molecule has 1 aromatic rings. The highest BCUT2D eigenvalue weighted by molar-refractivity contribution is 7.90. The lowest BCUT2D eigenvalue weighted by Crippen LogP contribution is -2.27. The summed E-state index contributed by atoms with van der Waals surface area (Å²) in [6, 6.07) is 0. The number of nitrogens with zero attached hydrogens (tertiary/aromatic N) is 3. The van der Waals surface area contributed by atoms with Gasteiger partial charge in [-0.05, 0) is 27.1 Å². The van der Waals surface area contributed by atoms with Crippen molar-refractivity contribution in [1.29, 1.82) is 0 Å². The van der Waals surface area contributed by atoms with E-state index in [1.165, 1.54) is 13.2 Å². The summed E-state index contributed by atoms with van der Waals surface area (Å²) in [5.41, 5.74) is -0.341. The Balaban J connectivity index is 2.98. The fourth-order valence-corrected chi connectivity index (χ4v) is 2.34. The summed E-state index contributed by atoms with van der Waals surface area (Å²) in [5.74, 6) is 0. The van der Waals surface area contributed by atoms with E-state index in [1.54, 1.807) is 0 Å². The fraction of sp³-hybridized carbons (Fsp3) is 0.636. The molecule has 0 amide bonds. The van der Waals surface area contributed by atoms with Crippen molar-refractivity contribution >= 4 is 15.5 Å². The lowest BCUT2D eigenvalue weighted by molar-refractivity contribution is 0.405. The van der Waals surface area contributed by atoms with Crippen LogP contribution in [0.25, 0.3) is 0 Å².